The molecule has 5 nitrogen and oxygen atoms in total. The number of hydrogen-bond acceptors (Lipinski definition) is 3. The van der Waals surface area contributed by atoms with Crippen molar-refractivity contribution in [1.29, 1.82) is 0 Å². The summed E-state index contributed by atoms with van der Waals surface area (Å²) in [6.07, 6.45) is 0.686. The van der Waals surface area contributed by atoms with Crippen molar-refractivity contribution in [3.8, 4) is 0 Å². The number of carbonyl (C=O) groups excluding carboxylic acids is 1. The minimum absolute atomic E-state index is 0. The summed E-state index contributed by atoms with van der Waals surface area (Å²) in [7, 11) is 0. The van der Waals surface area contributed by atoms with Gasteiger partial charge >= 0.3 is 0 Å². The molecule has 3 N–H and O–H groups in total. The van der Waals surface area contributed by atoms with E-state index in [1.165, 1.54) is 0 Å². The first-order valence-electron chi connectivity index (χ1n) is 9.53. The van der Waals surface area contributed by atoms with Crippen LogP contribution in [-0.4, -0.2) is 22.0 Å². The standard InChI is InChI=1S/C22H28N4O.2ClH/c1-15(2)26-19-12-8-7-11-18(19)25-20(26)13-14-24-22(27)16(3)21(23)17-9-5-4-6-10-17;;/h4-12,15-16,21H,13-14,23H2,1-3H3,(H,24,27);2*1H. The van der Waals surface area contributed by atoms with Crippen molar-refractivity contribution in [2.45, 2.75) is 39.3 Å². The predicted octanol–water partition coefficient (Wildman–Crippen LogP) is 4.46. The summed E-state index contributed by atoms with van der Waals surface area (Å²) >= 11 is 0. The number of nitrogens with one attached hydrogen (secondary N) is 1. The second kappa shape index (κ2) is 11.2. The highest BCUT2D eigenvalue weighted by molar-refractivity contribution is 5.85. The summed E-state index contributed by atoms with van der Waals surface area (Å²) < 4.78 is 2.24. The van der Waals surface area contributed by atoms with Crippen LogP contribution in [0.5, 0.6) is 0 Å². The van der Waals surface area contributed by atoms with E-state index >= 15 is 0 Å². The topological polar surface area (TPSA) is 72.9 Å². The van der Waals surface area contributed by atoms with Gasteiger partial charge in [-0.25, -0.2) is 4.98 Å². The van der Waals surface area contributed by atoms with Gasteiger partial charge in [0.15, 0.2) is 0 Å². The molecular formula is C22H30Cl2N4O. The van der Waals surface area contributed by atoms with Gasteiger partial charge in [0.25, 0.3) is 0 Å². The van der Waals surface area contributed by atoms with E-state index in [2.05, 4.69) is 29.8 Å². The van der Waals surface area contributed by atoms with Crippen molar-refractivity contribution >= 4 is 41.8 Å². The molecule has 1 amide bonds. The molecule has 7 heteroatoms. The Morgan fingerprint density at radius 2 is 1.66 bits per heavy atom. The van der Waals surface area contributed by atoms with Crippen molar-refractivity contribution < 1.29 is 4.79 Å². The SMILES string of the molecule is CC(C(=O)NCCc1nc2ccccc2n1C(C)C)C(N)c1ccccc1.Cl.Cl. The number of carbonyl (C=O) groups is 1. The van der Waals surface area contributed by atoms with Crippen LogP contribution in [0.2, 0.25) is 0 Å². The number of benzene rings is 2. The van der Waals surface area contributed by atoms with E-state index in [1.54, 1.807) is 0 Å². The lowest BCUT2D eigenvalue weighted by Gasteiger charge is -2.20. The van der Waals surface area contributed by atoms with Gasteiger partial charge in [0, 0.05) is 25.0 Å². The smallest absolute Gasteiger partial charge is 0.224 e. The monoisotopic (exact) mass is 436 g/mol. The molecule has 3 rings (SSSR count). The quantitative estimate of drug-likeness (QED) is 0.574. The van der Waals surface area contributed by atoms with Gasteiger partial charge in [-0.3, -0.25) is 4.79 Å². The number of nitrogens with two attached hydrogens (primary N) is 1. The van der Waals surface area contributed by atoms with E-state index < -0.39 is 0 Å². The molecule has 0 aliphatic rings. The number of nitrogens with zero attached hydrogens (tertiary/aromatic N) is 2. The van der Waals surface area contributed by atoms with Gasteiger partial charge in [-0.2, -0.15) is 0 Å². The van der Waals surface area contributed by atoms with Gasteiger partial charge in [-0.1, -0.05) is 49.4 Å². The fraction of sp³-hybridized carbons (Fsp3) is 0.364. The molecule has 3 aromatic rings. The normalized spacial score (nSPS) is 12.7. The fourth-order valence-electron chi connectivity index (χ4n) is 3.43. The molecular weight excluding hydrogens is 407 g/mol. The van der Waals surface area contributed by atoms with Crippen molar-refractivity contribution in [3.05, 3.63) is 66.0 Å². The van der Waals surface area contributed by atoms with Crippen LogP contribution < -0.4 is 11.1 Å². The maximum Gasteiger partial charge on any atom is 0.224 e. The summed E-state index contributed by atoms with van der Waals surface area (Å²) in [4.78, 5) is 17.3. The summed E-state index contributed by atoms with van der Waals surface area (Å²) in [5.41, 5.74) is 9.36. The fourth-order valence-corrected chi connectivity index (χ4v) is 3.43. The van der Waals surface area contributed by atoms with Crippen molar-refractivity contribution in [3.63, 3.8) is 0 Å². The first-order valence-corrected chi connectivity index (χ1v) is 9.53. The van der Waals surface area contributed by atoms with E-state index in [0.717, 1.165) is 22.4 Å². The van der Waals surface area contributed by atoms with E-state index in [9.17, 15) is 4.79 Å². The highest BCUT2D eigenvalue weighted by Gasteiger charge is 2.22. The number of fused-ring (bicyclic) bond motifs is 1. The maximum atomic E-state index is 12.5. The van der Waals surface area contributed by atoms with E-state index in [4.69, 9.17) is 10.7 Å². The molecule has 2 atom stereocenters. The lowest BCUT2D eigenvalue weighted by molar-refractivity contribution is -0.125. The molecule has 1 aromatic heterocycles. The van der Waals surface area contributed by atoms with Gasteiger partial charge in [0.1, 0.15) is 5.82 Å². The third-order valence-corrected chi connectivity index (χ3v) is 4.97. The molecule has 2 aromatic carbocycles. The summed E-state index contributed by atoms with van der Waals surface area (Å²) in [5, 5.41) is 3.02. The zero-order valence-corrected chi connectivity index (χ0v) is 18.7. The number of aromatic nitrogens is 2. The second-order valence-electron chi connectivity index (χ2n) is 7.25. The van der Waals surface area contributed by atoms with Crippen molar-refractivity contribution in [2.75, 3.05) is 6.54 Å². The third kappa shape index (κ3) is 5.72. The van der Waals surface area contributed by atoms with Crippen LogP contribution in [0.25, 0.3) is 11.0 Å². The van der Waals surface area contributed by atoms with Crippen LogP contribution in [0.3, 0.4) is 0 Å². The number of imidazole rings is 1. The number of rotatable bonds is 7. The zero-order valence-electron chi connectivity index (χ0n) is 17.0. The highest BCUT2D eigenvalue weighted by atomic mass is 35.5. The lowest BCUT2D eigenvalue weighted by Crippen LogP contribution is -2.36. The van der Waals surface area contributed by atoms with Crippen LogP contribution in [0.15, 0.2) is 54.6 Å². The van der Waals surface area contributed by atoms with E-state index in [1.807, 2.05) is 55.5 Å². The minimum Gasteiger partial charge on any atom is -0.355 e. The Morgan fingerprint density at radius 3 is 2.31 bits per heavy atom. The number of halogens is 2. The van der Waals surface area contributed by atoms with Crippen LogP contribution in [-0.2, 0) is 11.2 Å². The largest absolute Gasteiger partial charge is 0.355 e. The van der Waals surface area contributed by atoms with E-state index in [-0.39, 0.29) is 42.7 Å². The molecule has 158 valence electrons. The molecule has 1 heterocycles. The van der Waals surface area contributed by atoms with Gasteiger partial charge in [-0.05, 0) is 31.5 Å². The Morgan fingerprint density at radius 1 is 1.03 bits per heavy atom. The van der Waals surface area contributed by atoms with Crippen molar-refractivity contribution in [1.82, 2.24) is 14.9 Å². The molecule has 0 bridgehead atoms. The first-order chi connectivity index (χ1) is 13.0. The van der Waals surface area contributed by atoms with Crippen LogP contribution >= 0.6 is 24.8 Å². The van der Waals surface area contributed by atoms with Gasteiger partial charge in [-0.15, -0.1) is 24.8 Å². The predicted molar refractivity (Wildman–Crippen MR) is 124 cm³/mol. The molecule has 0 radical (unpaired) electrons. The van der Waals surface area contributed by atoms with Crippen LogP contribution in [0, 0.1) is 5.92 Å². The Kier molecular flexibility index (Phi) is 9.63. The molecule has 0 aliphatic carbocycles. The Labute approximate surface area is 184 Å². The van der Waals surface area contributed by atoms with Gasteiger partial charge in [0.05, 0.1) is 17.0 Å². The number of hydrogen-bond donors (Lipinski definition) is 2. The highest BCUT2D eigenvalue weighted by Crippen LogP contribution is 2.21. The van der Waals surface area contributed by atoms with E-state index in [0.29, 0.717) is 19.0 Å². The molecule has 0 saturated heterocycles. The Balaban J connectivity index is 0.00000210. The Bertz CT molecular complexity index is 912. The molecule has 0 aliphatic heterocycles. The average molecular weight is 437 g/mol. The Hall–Kier alpha value is -2.08. The van der Waals surface area contributed by atoms with Gasteiger partial charge in [0.2, 0.25) is 5.91 Å². The first kappa shape index (κ1) is 25.0. The zero-order chi connectivity index (χ0) is 19.4. The van der Waals surface area contributed by atoms with Crippen LogP contribution in [0.4, 0.5) is 0 Å². The summed E-state index contributed by atoms with van der Waals surface area (Å²) in [6, 6.07) is 17.9. The molecule has 0 spiro atoms. The van der Waals surface area contributed by atoms with Crippen molar-refractivity contribution in [2.24, 2.45) is 11.7 Å². The molecule has 0 saturated carbocycles. The summed E-state index contributed by atoms with van der Waals surface area (Å²) in [6.45, 7) is 6.71. The second-order valence-corrected chi connectivity index (χ2v) is 7.25. The van der Waals surface area contributed by atoms with Gasteiger partial charge < -0.3 is 15.6 Å². The molecule has 2 unspecified atom stereocenters. The van der Waals surface area contributed by atoms with Crippen LogP contribution in [0.1, 0.15) is 44.2 Å². The molecule has 29 heavy (non-hydrogen) atoms. The lowest BCUT2D eigenvalue weighted by atomic mass is 9.95. The average Bonchev–Trinajstić information content (AvgIpc) is 3.05. The maximum absolute atomic E-state index is 12.5. The molecule has 0 fully saturated rings. The number of amides is 1. The third-order valence-electron chi connectivity index (χ3n) is 4.97. The minimum atomic E-state index is -0.313. The number of para-hydroxylation sites is 2. The summed E-state index contributed by atoms with van der Waals surface area (Å²) in [5.74, 6) is 0.668.